The van der Waals surface area contributed by atoms with E-state index in [1.165, 1.54) is 31.7 Å². The van der Waals surface area contributed by atoms with Crippen LogP contribution in [0.5, 0.6) is 0 Å². The van der Waals surface area contributed by atoms with Crippen molar-refractivity contribution in [2.45, 2.75) is 43.5 Å². The van der Waals surface area contributed by atoms with E-state index in [9.17, 15) is 4.79 Å². The maximum absolute atomic E-state index is 10.7. The van der Waals surface area contributed by atoms with E-state index in [2.05, 4.69) is 11.6 Å². The van der Waals surface area contributed by atoms with Crippen molar-refractivity contribution in [1.82, 2.24) is 5.32 Å². The van der Waals surface area contributed by atoms with Crippen LogP contribution in [0.3, 0.4) is 0 Å². The quantitative estimate of drug-likeness (QED) is 0.860. The summed E-state index contributed by atoms with van der Waals surface area (Å²) < 4.78 is 5.21. The van der Waals surface area contributed by atoms with Crippen molar-refractivity contribution < 1.29 is 14.3 Å². The summed E-state index contributed by atoms with van der Waals surface area (Å²) >= 11 is 1.96. The van der Waals surface area contributed by atoms with Crippen molar-refractivity contribution in [3.63, 3.8) is 0 Å². The zero-order valence-electron chi connectivity index (χ0n) is 10.5. The van der Waals surface area contributed by atoms with Crippen LogP contribution in [0.2, 0.25) is 0 Å². The van der Waals surface area contributed by atoms with E-state index in [1.807, 2.05) is 11.8 Å². The summed E-state index contributed by atoms with van der Waals surface area (Å²) in [5.74, 6) is -0.306. The molecule has 2 rings (SSSR count). The fraction of sp³-hybridized carbons (Fsp3) is 0.615. The van der Waals surface area contributed by atoms with Gasteiger partial charge in [-0.1, -0.05) is 0 Å². The molecule has 1 heterocycles. The number of carbonyl (C=O) groups is 1. The lowest BCUT2D eigenvalue weighted by Crippen LogP contribution is -2.33. The molecule has 1 aliphatic carbocycles. The smallest absolute Gasteiger partial charge is 0.371 e. The Morgan fingerprint density at radius 1 is 1.44 bits per heavy atom. The van der Waals surface area contributed by atoms with Crippen LogP contribution in [-0.4, -0.2) is 28.6 Å². The SMILES string of the molecule is CSC1CCC(NCc2ccc(C(=O)O)o2)CC1. The molecule has 0 radical (unpaired) electrons. The van der Waals surface area contributed by atoms with E-state index < -0.39 is 5.97 Å². The lowest BCUT2D eigenvalue weighted by molar-refractivity contribution is 0.0660. The maximum Gasteiger partial charge on any atom is 0.371 e. The minimum Gasteiger partial charge on any atom is -0.475 e. The van der Waals surface area contributed by atoms with Crippen LogP contribution in [0.25, 0.3) is 0 Å². The zero-order chi connectivity index (χ0) is 13.0. The first-order valence-corrected chi connectivity index (χ1v) is 7.56. The fourth-order valence-electron chi connectivity index (χ4n) is 2.34. The molecule has 100 valence electrons. The normalized spacial score (nSPS) is 24.1. The summed E-state index contributed by atoms with van der Waals surface area (Å²) in [6, 6.07) is 3.76. The molecule has 1 saturated carbocycles. The second-order valence-electron chi connectivity index (χ2n) is 4.66. The van der Waals surface area contributed by atoms with E-state index in [-0.39, 0.29) is 5.76 Å². The lowest BCUT2D eigenvalue weighted by atomic mass is 9.95. The van der Waals surface area contributed by atoms with Crippen molar-refractivity contribution in [2.24, 2.45) is 0 Å². The van der Waals surface area contributed by atoms with Gasteiger partial charge in [-0.2, -0.15) is 11.8 Å². The molecule has 0 aromatic carbocycles. The second-order valence-corrected chi connectivity index (χ2v) is 5.80. The Bertz CT molecular complexity index is 397. The molecule has 0 atom stereocenters. The van der Waals surface area contributed by atoms with Gasteiger partial charge in [-0.3, -0.25) is 0 Å². The van der Waals surface area contributed by atoms with Crippen LogP contribution in [0.15, 0.2) is 16.5 Å². The highest BCUT2D eigenvalue weighted by molar-refractivity contribution is 7.99. The van der Waals surface area contributed by atoms with E-state index in [1.54, 1.807) is 6.07 Å². The number of carboxylic acid groups (broad SMARTS) is 1. The molecular weight excluding hydrogens is 250 g/mol. The minimum absolute atomic E-state index is 0.0119. The van der Waals surface area contributed by atoms with E-state index in [0.29, 0.717) is 18.3 Å². The Labute approximate surface area is 111 Å². The molecule has 0 unspecified atom stereocenters. The Morgan fingerprint density at radius 3 is 2.72 bits per heavy atom. The average molecular weight is 269 g/mol. The number of thioether (sulfide) groups is 1. The molecule has 0 bridgehead atoms. The molecule has 0 saturated heterocycles. The molecule has 18 heavy (non-hydrogen) atoms. The van der Waals surface area contributed by atoms with Crippen LogP contribution >= 0.6 is 11.8 Å². The molecule has 1 aliphatic rings. The number of rotatable bonds is 5. The molecule has 1 aromatic rings. The number of nitrogens with one attached hydrogen (secondary N) is 1. The Morgan fingerprint density at radius 2 is 2.17 bits per heavy atom. The van der Waals surface area contributed by atoms with Crippen LogP contribution in [0, 0.1) is 0 Å². The molecule has 0 aliphatic heterocycles. The van der Waals surface area contributed by atoms with E-state index in [4.69, 9.17) is 9.52 Å². The van der Waals surface area contributed by atoms with Gasteiger partial charge in [-0.15, -0.1) is 0 Å². The van der Waals surface area contributed by atoms with E-state index in [0.717, 1.165) is 5.25 Å². The minimum atomic E-state index is -1.01. The number of hydrogen-bond donors (Lipinski definition) is 2. The standard InChI is InChI=1S/C13H19NO3S/c1-18-11-5-2-9(3-6-11)14-8-10-4-7-12(17-10)13(15)16/h4,7,9,11,14H,2-3,5-6,8H2,1H3,(H,15,16). The van der Waals surface area contributed by atoms with Crippen LogP contribution in [-0.2, 0) is 6.54 Å². The van der Waals surface area contributed by atoms with Gasteiger partial charge in [0.2, 0.25) is 5.76 Å². The van der Waals surface area contributed by atoms with Crippen LogP contribution < -0.4 is 5.32 Å². The number of hydrogen-bond acceptors (Lipinski definition) is 4. The first-order chi connectivity index (χ1) is 8.69. The van der Waals surface area contributed by atoms with Crippen LogP contribution in [0.1, 0.15) is 42.0 Å². The molecule has 5 heteroatoms. The number of carboxylic acids is 1. The first kappa shape index (κ1) is 13.5. The molecule has 2 N–H and O–H groups in total. The molecule has 1 aromatic heterocycles. The highest BCUT2D eigenvalue weighted by atomic mass is 32.2. The third-order valence-corrected chi connectivity index (χ3v) is 4.58. The van der Waals surface area contributed by atoms with Crippen molar-refractivity contribution in [3.8, 4) is 0 Å². The first-order valence-electron chi connectivity index (χ1n) is 6.27. The predicted molar refractivity (Wildman–Crippen MR) is 72.1 cm³/mol. The average Bonchev–Trinajstić information content (AvgIpc) is 2.86. The summed E-state index contributed by atoms with van der Waals surface area (Å²) in [7, 11) is 0. The van der Waals surface area contributed by atoms with Crippen molar-refractivity contribution in [1.29, 1.82) is 0 Å². The van der Waals surface area contributed by atoms with Gasteiger partial charge in [0.15, 0.2) is 0 Å². The van der Waals surface area contributed by atoms with Gasteiger partial charge in [0.05, 0.1) is 6.54 Å². The number of aromatic carboxylic acids is 1. The third kappa shape index (κ3) is 3.53. The van der Waals surface area contributed by atoms with E-state index >= 15 is 0 Å². The fourth-order valence-corrected chi connectivity index (χ4v) is 3.08. The summed E-state index contributed by atoms with van der Waals surface area (Å²) in [5, 5.41) is 13.0. The summed E-state index contributed by atoms with van der Waals surface area (Å²) in [5.41, 5.74) is 0. The van der Waals surface area contributed by atoms with Crippen molar-refractivity contribution in [3.05, 3.63) is 23.7 Å². The molecule has 0 amide bonds. The Kier molecular flexibility index (Phi) is 4.72. The third-order valence-electron chi connectivity index (χ3n) is 3.44. The lowest BCUT2D eigenvalue weighted by Gasteiger charge is -2.27. The van der Waals surface area contributed by atoms with Gasteiger partial charge in [0, 0.05) is 11.3 Å². The van der Waals surface area contributed by atoms with Gasteiger partial charge in [0.1, 0.15) is 5.76 Å². The van der Waals surface area contributed by atoms with Gasteiger partial charge in [0.25, 0.3) is 0 Å². The molecule has 1 fully saturated rings. The second kappa shape index (κ2) is 6.29. The highest BCUT2D eigenvalue weighted by Gasteiger charge is 2.20. The summed E-state index contributed by atoms with van der Waals surface area (Å²) in [6.07, 6.45) is 7.08. The Hall–Kier alpha value is -0.940. The maximum atomic E-state index is 10.7. The van der Waals surface area contributed by atoms with Gasteiger partial charge in [-0.25, -0.2) is 4.79 Å². The molecule has 4 nitrogen and oxygen atoms in total. The summed E-state index contributed by atoms with van der Waals surface area (Å²) in [6.45, 7) is 0.613. The Balaban J connectivity index is 1.76. The van der Waals surface area contributed by atoms with Crippen LogP contribution in [0.4, 0.5) is 0 Å². The van der Waals surface area contributed by atoms with Gasteiger partial charge >= 0.3 is 5.97 Å². The highest BCUT2D eigenvalue weighted by Crippen LogP contribution is 2.27. The largest absolute Gasteiger partial charge is 0.475 e. The van der Waals surface area contributed by atoms with Gasteiger partial charge in [-0.05, 0) is 44.1 Å². The summed E-state index contributed by atoms with van der Waals surface area (Å²) in [4.78, 5) is 10.7. The zero-order valence-corrected chi connectivity index (χ0v) is 11.3. The van der Waals surface area contributed by atoms with Crippen molar-refractivity contribution >= 4 is 17.7 Å². The molecular formula is C13H19NO3S. The van der Waals surface area contributed by atoms with Gasteiger partial charge < -0.3 is 14.8 Å². The predicted octanol–water partition coefficient (Wildman–Crippen LogP) is 2.74. The molecule has 0 spiro atoms. The monoisotopic (exact) mass is 269 g/mol. The number of furan rings is 1. The topological polar surface area (TPSA) is 62.5 Å². The van der Waals surface area contributed by atoms with Crippen molar-refractivity contribution in [2.75, 3.05) is 6.26 Å².